The average molecular weight is 231 g/mol. The lowest BCUT2D eigenvalue weighted by molar-refractivity contribution is -0.141. The number of rotatable bonds is 3. The van der Waals surface area contributed by atoms with Crippen molar-refractivity contribution in [3.8, 4) is 11.4 Å². The molecule has 0 saturated heterocycles. The van der Waals surface area contributed by atoms with E-state index in [1.54, 1.807) is 11.6 Å². The first-order valence-corrected chi connectivity index (χ1v) is 5.24. The Kier molecular flexibility index (Phi) is 3.18. The molecule has 0 aliphatic carbocycles. The van der Waals surface area contributed by atoms with Crippen molar-refractivity contribution in [3.63, 3.8) is 0 Å². The van der Waals surface area contributed by atoms with Crippen molar-refractivity contribution in [2.45, 2.75) is 13.5 Å². The number of ether oxygens (including phenoxy) is 1. The standard InChI is InChI=1S/C12H13N3O2/c1-9-13-12(10-6-4-3-5-7-10)15(14-9)8-11(16)17-2/h3-7H,8H2,1-2H3. The van der Waals surface area contributed by atoms with Gasteiger partial charge in [-0.3, -0.25) is 4.79 Å². The van der Waals surface area contributed by atoms with E-state index in [1.807, 2.05) is 30.3 Å². The fraction of sp³-hybridized carbons (Fsp3) is 0.250. The molecule has 0 atom stereocenters. The van der Waals surface area contributed by atoms with Crippen molar-refractivity contribution >= 4 is 5.97 Å². The molecule has 0 aliphatic heterocycles. The summed E-state index contributed by atoms with van der Waals surface area (Å²) in [7, 11) is 1.36. The lowest BCUT2D eigenvalue weighted by Gasteiger charge is -2.04. The second-order valence-electron chi connectivity index (χ2n) is 3.58. The first-order valence-electron chi connectivity index (χ1n) is 5.24. The summed E-state index contributed by atoms with van der Waals surface area (Å²) >= 11 is 0. The van der Waals surface area contributed by atoms with E-state index in [1.165, 1.54) is 7.11 Å². The van der Waals surface area contributed by atoms with E-state index >= 15 is 0 Å². The van der Waals surface area contributed by atoms with Crippen LogP contribution in [0.15, 0.2) is 30.3 Å². The Morgan fingerprint density at radius 1 is 1.35 bits per heavy atom. The summed E-state index contributed by atoms with van der Waals surface area (Å²) in [5.41, 5.74) is 0.928. The summed E-state index contributed by atoms with van der Waals surface area (Å²) in [5, 5.41) is 4.18. The van der Waals surface area contributed by atoms with Gasteiger partial charge in [-0.2, -0.15) is 5.10 Å². The normalized spacial score (nSPS) is 10.2. The summed E-state index contributed by atoms with van der Waals surface area (Å²) in [6.45, 7) is 1.86. The maximum atomic E-state index is 11.3. The molecule has 0 saturated carbocycles. The maximum absolute atomic E-state index is 11.3. The van der Waals surface area contributed by atoms with E-state index in [4.69, 9.17) is 0 Å². The SMILES string of the molecule is COC(=O)Cn1nc(C)nc1-c1ccccc1. The fourth-order valence-corrected chi connectivity index (χ4v) is 1.55. The number of carbonyl (C=O) groups is 1. The van der Waals surface area contributed by atoms with Crippen LogP contribution in [0.1, 0.15) is 5.82 Å². The minimum atomic E-state index is -0.341. The predicted molar refractivity (Wildman–Crippen MR) is 62.2 cm³/mol. The molecular formula is C12H13N3O2. The van der Waals surface area contributed by atoms with Gasteiger partial charge in [-0.25, -0.2) is 9.67 Å². The van der Waals surface area contributed by atoms with E-state index in [-0.39, 0.29) is 12.5 Å². The Morgan fingerprint density at radius 3 is 2.71 bits per heavy atom. The number of methoxy groups -OCH3 is 1. The number of aromatic nitrogens is 3. The van der Waals surface area contributed by atoms with Crippen molar-refractivity contribution in [3.05, 3.63) is 36.2 Å². The lowest BCUT2D eigenvalue weighted by atomic mass is 10.2. The molecule has 0 bridgehead atoms. The van der Waals surface area contributed by atoms with E-state index in [0.29, 0.717) is 11.6 Å². The van der Waals surface area contributed by atoms with Gasteiger partial charge in [0, 0.05) is 5.56 Å². The van der Waals surface area contributed by atoms with Crippen molar-refractivity contribution in [1.82, 2.24) is 14.8 Å². The molecular weight excluding hydrogens is 218 g/mol. The number of benzene rings is 1. The quantitative estimate of drug-likeness (QED) is 0.750. The van der Waals surface area contributed by atoms with E-state index < -0.39 is 0 Å². The molecule has 0 spiro atoms. The van der Waals surface area contributed by atoms with Crippen LogP contribution in [0.5, 0.6) is 0 Å². The Bertz CT molecular complexity index is 520. The Labute approximate surface area is 99.1 Å². The zero-order valence-corrected chi connectivity index (χ0v) is 9.75. The van der Waals surface area contributed by atoms with E-state index in [9.17, 15) is 4.79 Å². The molecule has 88 valence electrons. The third kappa shape index (κ3) is 2.50. The van der Waals surface area contributed by atoms with Gasteiger partial charge in [-0.15, -0.1) is 0 Å². The minimum absolute atomic E-state index is 0.0710. The van der Waals surface area contributed by atoms with Crippen molar-refractivity contribution in [2.24, 2.45) is 0 Å². The summed E-state index contributed by atoms with van der Waals surface area (Å²) in [6, 6.07) is 9.62. The number of aryl methyl sites for hydroxylation is 1. The highest BCUT2D eigenvalue weighted by molar-refractivity contribution is 5.70. The molecule has 2 aromatic rings. The first kappa shape index (κ1) is 11.3. The van der Waals surface area contributed by atoms with Crippen LogP contribution in [0.2, 0.25) is 0 Å². The Morgan fingerprint density at radius 2 is 2.06 bits per heavy atom. The predicted octanol–water partition coefficient (Wildman–Crippen LogP) is 1.43. The van der Waals surface area contributed by atoms with Gasteiger partial charge < -0.3 is 4.74 Å². The van der Waals surface area contributed by atoms with Crippen molar-refractivity contribution in [2.75, 3.05) is 7.11 Å². The third-order valence-electron chi connectivity index (χ3n) is 2.32. The van der Waals surface area contributed by atoms with Crippen LogP contribution >= 0.6 is 0 Å². The van der Waals surface area contributed by atoms with Crippen molar-refractivity contribution < 1.29 is 9.53 Å². The summed E-state index contributed by atoms with van der Waals surface area (Å²) in [4.78, 5) is 15.6. The maximum Gasteiger partial charge on any atom is 0.327 e. The van der Waals surface area contributed by atoms with Crippen LogP contribution in [0.3, 0.4) is 0 Å². The highest BCUT2D eigenvalue weighted by Gasteiger charge is 2.12. The van der Waals surface area contributed by atoms with Gasteiger partial charge in [-0.1, -0.05) is 30.3 Å². The van der Waals surface area contributed by atoms with Crippen LogP contribution < -0.4 is 0 Å². The van der Waals surface area contributed by atoms with Gasteiger partial charge in [-0.05, 0) is 6.92 Å². The second-order valence-corrected chi connectivity index (χ2v) is 3.58. The summed E-state index contributed by atoms with van der Waals surface area (Å²) in [5.74, 6) is 0.966. The average Bonchev–Trinajstić information content (AvgIpc) is 2.71. The smallest absolute Gasteiger partial charge is 0.327 e. The molecule has 17 heavy (non-hydrogen) atoms. The molecule has 0 aliphatic rings. The number of nitrogens with zero attached hydrogens (tertiary/aromatic N) is 3. The zero-order chi connectivity index (χ0) is 12.3. The molecule has 1 heterocycles. The van der Waals surface area contributed by atoms with E-state index in [0.717, 1.165) is 5.56 Å². The monoisotopic (exact) mass is 231 g/mol. The molecule has 0 amide bonds. The van der Waals surface area contributed by atoms with Gasteiger partial charge in [0.2, 0.25) is 0 Å². The number of carbonyl (C=O) groups excluding carboxylic acids is 1. The molecule has 0 unspecified atom stereocenters. The van der Waals surface area contributed by atoms with Gasteiger partial charge in [0.05, 0.1) is 7.11 Å². The minimum Gasteiger partial charge on any atom is -0.468 e. The number of hydrogen-bond donors (Lipinski definition) is 0. The lowest BCUT2D eigenvalue weighted by Crippen LogP contribution is -2.13. The molecule has 0 N–H and O–H groups in total. The Balaban J connectivity index is 2.37. The van der Waals surface area contributed by atoms with Crippen LogP contribution in [-0.2, 0) is 16.1 Å². The van der Waals surface area contributed by atoms with Crippen LogP contribution in [-0.4, -0.2) is 27.8 Å². The second kappa shape index (κ2) is 4.78. The zero-order valence-electron chi connectivity index (χ0n) is 9.75. The highest BCUT2D eigenvalue weighted by atomic mass is 16.5. The van der Waals surface area contributed by atoms with Crippen LogP contribution in [0.4, 0.5) is 0 Å². The van der Waals surface area contributed by atoms with Gasteiger partial charge in [0.15, 0.2) is 5.82 Å². The molecule has 0 fully saturated rings. The third-order valence-corrected chi connectivity index (χ3v) is 2.32. The van der Waals surface area contributed by atoms with Gasteiger partial charge >= 0.3 is 5.97 Å². The Hall–Kier alpha value is -2.17. The van der Waals surface area contributed by atoms with Crippen molar-refractivity contribution in [1.29, 1.82) is 0 Å². The molecule has 5 heteroatoms. The number of hydrogen-bond acceptors (Lipinski definition) is 4. The highest BCUT2D eigenvalue weighted by Crippen LogP contribution is 2.16. The molecule has 0 radical (unpaired) electrons. The van der Waals surface area contributed by atoms with Gasteiger partial charge in [0.1, 0.15) is 12.4 Å². The fourth-order valence-electron chi connectivity index (χ4n) is 1.55. The van der Waals surface area contributed by atoms with Gasteiger partial charge in [0.25, 0.3) is 0 Å². The first-order chi connectivity index (χ1) is 8.20. The molecule has 1 aromatic heterocycles. The van der Waals surface area contributed by atoms with Crippen LogP contribution in [0.25, 0.3) is 11.4 Å². The summed E-state index contributed by atoms with van der Waals surface area (Å²) in [6.07, 6.45) is 0. The molecule has 1 aromatic carbocycles. The summed E-state index contributed by atoms with van der Waals surface area (Å²) < 4.78 is 6.18. The topological polar surface area (TPSA) is 57.0 Å². The molecule has 5 nitrogen and oxygen atoms in total. The van der Waals surface area contributed by atoms with Crippen LogP contribution in [0, 0.1) is 6.92 Å². The number of esters is 1. The largest absolute Gasteiger partial charge is 0.468 e. The van der Waals surface area contributed by atoms with E-state index in [2.05, 4.69) is 14.8 Å². The molecule has 2 rings (SSSR count).